The molecule has 0 heterocycles. The first kappa shape index (κ1) is 26.3. The van der Waals surface area contributed by atoms with Crippen molar-refractivity contribution in [2.75, 3.05) is 19.8 Å². The van der Waals surface area contributed by atoms with Crippen molar-refractivity contribution in [3.05, 3.63) is 29.3 Å². The fourth-order valence-electron chi connectivity index (χ4n) is 5.76. The summed E-state index contributed by atoms with van der Waals surface area (Å²) in [5.41, 5.74) is 8.20. The molecule has 0 bridgehead atoms. The van der Waals surface area contributed by atoms with Gasteiger partial charge < -0.3 is 36.6 Å². The van der Waals surface area contributed by atoms with E-state index in [0.717, 1.165) is 0 Å². The average molecular weight is 516 g/mol. The number of carbonyl (C=O) groups is 4. The highest BCUT2D eigenvalue weighted by Crippen LogP contribution is 2.59. The van der Waals surface area contributed by atoms with Gasteiger partial charge in [-0.15, -0.1) is 0 Å². The minimum Gasteiger partial charge on any atom is -0.507 e. The van der Waals surface area contributed by atoms with Crippen LogP contribution in [0.25, 0.3) is 10.8 Å². The molecular weight excluding hydrogens is 486 g/mol. The lowest BCUT2D eigenvalue weighted by Gasteiger charge is -2.54. The van der Waals surface area contributed by atoms with Crippen molar-refractivity contribution in [2.45, 2.75) is 43.6 Å². The van der Waals surface area contributed by atoms with Gasteiger partial charge in [-0.1, -0.05) is 19.1 Å². The van der Waals surface area contributed by atoms with E-state index >= 15 is 0 Å². The van der Waals surface area contributed by atoms with E-state index in [0.29, 0.717) is 6.42 Å². The molecule has 12 nitrogen and oxygen atoms in total. The van der Waals surface area contributed by atoms with E-state index in [1.165, 1.54) is 37.2 Å². The Morgan fingerprint density at radius 2 is 1.81 bits per heavy atom. The molecule has 1 fully saturated rings. The molecule has 2 aliphatic carbocycles. The summed E-state index contributed by atoms with van der Waals surface area (Å²) in [7, 11) is 2.89. The molecule has 12 heteroatoms. The number of likely N-dealkylation sites (N-methyl/N-ethyl adjacent to an activating group) is 1. The number of nitrogen functional groups attached to an aromatic ring is 1. The van der Waals surface area contributed by atoms with Gasteiger partial charge in [-0.3, -0.25) is 24.1 Å². The predicted octanol–water partition coefficient (Wildman–Crippen LogP) is -0.205. The molecule has 4 rings (SSSR count). The van der Waals surface area contributed by atoms with Crippen molar-refractivity contribution in [3.63, 3.8) is 0 Å². The number of benzene rings is 2. The molecule has 0 radical (unpaired) electrons. The average Bonchev–Trinajstić information content (AvgIpc) is 2.80. The number of primary amides is 1. The molecule has 6 atom stereocenters. The van der Waals surface area contributed by atoms with Gasteiger partial charge in [0.1, 0.15) is 23.7 Å². The largest absolute Gasteiger partial charge is 0.507 e. The van der Waals surface area contributed by atoms with E-state index in [-0.39, 0.29) is 28.4 Å². The number of anilines is 1. The van der Waals surface area contributed by atoms with Gasteiger partial charge in [0.2, 0.25) is 5.91 Å². The molecule has 2 aromatic carbocycles. The van der Waals surface area contributed by atoms with Crippen molar-refractivity contribution in [3.8, 4) is 11.5 Å². The van der Waals surface area contributed by atoms with Crippen LogP contribution in [0.2, 0.25) is 0 Å². The Hall–Kier alpha value is -3.74. The molecule has 0 aromatic heterocycles. The number of hydrogen-bond donors (Lipinski definition) is 6. The van der Waals surface area contributed by atoms with Gasteiger partial charge in [-0.25, -0.2) is 0 Å². The van der Waals surface area contributed by atoms with Gasteiger partial charge >= 0.3 is 5.97 Å². The van der Waals surface area contributed by atoms with E-state index in [1.807, 2.05) is 0 Å². The number of rotatable bonds is 5. The first-order valence-electron chi connectivity index (χ1n) is 11.7. The number of fused-ring (bicyclic) bond motifs is 3. The summed E-state index contributed by atoms with van der Waals surface area (Å²) in [6.07, 6.45) is -3.50. The van der Waals surface area contributed by atoms with Crippen LogP contribution in [0.4, 0.5) is 5.69 Å². The number of hydrogen-bond acceptors (Lipinski definition) is 11. The number of carbonyl (C=O) groups excluding carboxylic acids is 4. The number of esters is 1. The smallest absolute Gasteiger partial charge is 0.306 e. The highest BCUT2D eigenvalue weighted by atomic mass is 16.5. The maximum atomic E-state index is 13.6. The zero-order valence-electron chi connectivity index (χ0n) is 20.5. The number of ether oxygens (including phenoxy) is 1. The first-order chi connectivity index (χ1) is 17.3. The van der Waals surface area contributed by atoms with Crippen molar-refractivity contribution in [1.82, 2.24) is 4.90 Å². The summed E-state index contributed by atoms with van der Waals surface area (Å²) in [6.45, 7) is 1.72. The minimum absolute atomic E-state index is 0.0573. The summed E-state index contributed by atoms with van der Waals surface area (Å²) >= 11 is 0. The van der Waals surface area contributed by atoms with Crippen molar-refractivity contribution in [1.29, 1.82) is 0 Å². The maximum absolute atomic E-state index is 13.6. The van der Waals surface area contributed by atoms with Gasteiger partial charge in [-0.2, -0.15) is 0 Å². The molecule has 198 valence electrons. The van der Waals surface area contributed by atoms with Crippen LogP contribution in [0.5, 0.6) is 11.5 Å². The van der Waals surface area contributed by atoms with E-state index in [2.05, 4.69) is 0 Å². The fraction of sp³-hybridized carbons (Fsp3) is 0.440. The zero-order valence-corrected chi connectivity index (χ0v) is 20.5. The second kappa shape index (κ2) is 8.98. The fourth-order valence-corrected chi connectivity index (χ4v) is 5.76. The number of phenolic OH excluding ortho intramolecular Hbond substituents is 2. The van der Waals surface area contributed by atoms with Gasteiger partial charge in [0.05, 0.1) is 17.3 Å². The number of phenols is 2. The van der Waals surface area contributed by atoms with E-state index in [4.69, 9.17) is 16.2 Å². The normalized spacial score (nSPS) is 29.2. The summed E-state index contributed by atoms with van der Waals surface area (Å²) in [4.78, 5) is 53.2. The molecule has 37 heavy (non-hydrogen) atoms. The number of amides is 1. The topological polar surface area (TPSA) is 214 Å². The quantitative estimate of drug-likeness (QED) is 0.133. The SMILES string of the molecule is CCCC(=O)O[C@H]1c2c(c(O)c3c(O)cccc3c2N)C(O)[C@]2(O)C(=O)C(C(N)=O)C(=O)[C@@H](N(C)C)[C@H]12. The van der Waals surface area contributed by atoms with Crippen LogP contribution in [0.15, 0.2) is 18.2 Å². The Bertz CT molecular complexity index is 1340. The third kappa shape index (κ3) is 3.55. The predicted molar refractivity (Wildman–Crippen MR) is 129 cm³/mol. The molecule has 0 spiro atoms. The zero-order chi connectivity index (χ0) is 27.6. The van der Waals surface area contributed by atoms with Crippen LogP contribution in [0, 0.1) is 11.8 Å². The molecule has 2 aromatic rings. The molecule has 2 unspecified atom stereocenters. The summed E-state index contributed by atoms with van der Waals surface area (Å²) in [5.74, 6) is -9.26. The van der Waals surface area contributed by atoms with Gasteiger partial charge in [0, 0.05) is 28.6 Å². The Balaban J connectivity index is 2.14. The standard InChI is InChI=1S/C25H29N3O9/c1-4-6-11(30)37-21-13-14(19(31)12-9(17(13)26)7-5-8-10(12)29)22(33)25(36)16(21)18(28(2)3)20(32)15(23(25)34)24(27)35/h5,7-8,15-16,18,21-22,29,31,33,36H,4,6,26H2,1-3H3,(H2,27,35)/t15?,16-,18+,21+,22?,25+/m1/s1. The molecule has 2 aliphatic rings. The first-order valence-corrected chi connectivity index (χ1v) is 11.7. The number of aliphatic hydroxyl groups excluding tert-OH is 1. The highest BCUT2D eigenvalue weighted by Gasteiger charge is 2.69. The highest BCUT2D eigenvalue weighted by molar-refractivity contribution is 6.24. The van der Waals surface area contributed by atoms with Crippen molar-refractivity contribution >= 4 is 39.9 Å². The van der Waals surface area contributed by atoms with Crippen LogP contribution in [0.3, 0.4) is 0 Å². The monoisotopic (exact) mass is 515 g/mol. The Kier molecular flexibility index (Phi) is 6.39. The van der Waals surface area contributed by atoms with Crippen LogP contribution in [-0.2, 0) is 23.9 Å². The lowest BCUT2D eigenvalue weighted by Crippen LogP contribution is -2.71. The molecule has 8 N–H and O–H groups in total. The number of aliphatic hydroxyl groups is 2. The van der Waals surface area contributed by atoms with Gasteiger partial charge in [-0.05, 0) is 26.6 Å². The molecule has 0 saturated heterocycles. The van der Waals surface area contributed by atoms with E-state index in [1.54, 1.807) is 6.92 Å². The number of aromatic hydroxyl groups is 2. The lowest BCUT2D eigenvalue weighted by molar-refractivity contribution is -0.209. The summed E-state index contributed by atoms with van der Waals surface area (Å²) in [6, 6.07) is 2.77. The van der Waals surface area contributed by atoms with Crippen LogP contribution in [0.1, 0.15) is 43.1 Å². The van der Waals surface area contributed by atoms with Crippen molar-refractivity contribution < 1.29 is 44.3 Å². The summed E-state index contributed by atoms with van der Waals surface area (Å²) < 4.78 is 5.72. The summed E-state index contributed by atoms with van der Waals surface area (Å²) in [5, 5.41) is 45.0. The lowest BCUT2D eigenvalue weighted by atomic mass is 9.56. The van der Waals surface area contributed by atoms with E-state index in [9.17, 15) is 39.6 Å². The molecule has 0 aliphatic heterocycles. The maximum Gasteiger partial charge on any atom is 0.306 e. The van der Waals surface area contributed by atoms with E-state index < -0.39 is 76.2 Å². The second-order valence-corrected chi connectivity index (χ2v) is 9.71. The minimum atomic E-state index is -2.91. The van der Waals surface area contributed by atoms with Gasteiger partial charge in [0.15, 0.2) is 23.1 Å². The van der Waals surface area contributed by atoms with Gasteiger partial charge in [0.25, 0.3) is 0 Å². The van der Waals surface area contributed by atoms with Crippen LogP contribution >= 0.6 is 0 Å². The Morgan fingerprint density at radius 1 is 1.16 bits per heavy atom. The third-order valence-electron chi connectivity index (χ3n) is 7.34. The number of Topliss-reactive ketones (excluding diaryl/α,β-unsaturated/α-hetero) is 2. The molecule has 1 amide bonds. The number of nitrogens with two attached hydrogens (primary N) is 2. The third-order valence-corrected chi connectivity index (χ3v) is 7.34. The Labute approximate surface area is 211 Å². The van der Waals surface area contributed by atoms with Crippen LogP contribution in [-0.4, -0.2) is 74.5 Å². The van der Waals surface area contributed by atoms with Crippen molar-refractivity contribution in [2.24, 2.45) is 17.6 Å². The number of ketones is 2. The molecular formula is C25H29N3O9. The molecule has 1 saturated carbocycles. The van der Waals surface area contributed by atoms with Crippen LogP contribution < -0.4 is 11.5 Å². The number of nitrogens with zero attached hydrogens (tertiary/aromatic N) is 1. The second-order valence-electron chi connectivity index (χ2n) is 9.71. The Morgan fingerprint density at radius 3 is 2.38 bits per heavy atom.